The molecule has 0 saturated carbocycles. The molecule has 1 heterocycles. The molecule has 1 fully saturated rings. The Balaban J connectivity index is 1.42. The van der Waals surface area contributed by atoms with Crippen LogP contribution in [0.4, 0.5) is 15.3 Å². The molecule has 3 N–H and O–H groups in total. The van der Waals surface area contributed by atoms with Crippen LogP contribution in [0.2, 0.25) is 0 Å². The number of amides is 5. The zero-order chi connectivity index (χ0) is 24.2. The van der Waals surface area contributed by atoms with Gasteiger partial charge in [-0.3, -0.25) is 9.59 Å². The fraction of sp³-hybridized carbons (Fsp3) is 0.360. The Bertz CT molecular complexity index is 1100. The predicted octanol–water partition coefficient (Wildman–Crippen LogP) is 2.99. The third kappa shape index (κ3) is 4.88. The molecule has 2 atom stereocenters. The topological polar surface area (TPSA) is 119 Å². The minimum Gasteiger partial charge on any atom is -0.465 e. The van der Waals surface area contributed by atoms with Crippen LogP contribution in [0.25, 0.3) is 0 Å². The van der Waals surface area contributed by atoms with Gasteiger partial charge in [0, 0.05) is 31.7 Å². The first-order valence-corrected chi connectivity index (χ1v) is 11.4. The SMILES string of the molecule is CNC(=O)Nc1ccc2c(c1)CCC2C(=O)N(CC(=O)N1CCC(c2ccccc2)C1)C(=O)O. The van der Waals surface area contributed by atoms with E-state index in [2.05, 4.69) is 10.6 Å². The van der Waals surface area contributed by atoms with Crippen molar-refractivity contribution in [1.29, 1.82) is 0 Å². The number of benzene rings is 2. The number of carboxylic acid groups (broad SMARTS) is 1. The molecule has 0 aromatic heterocycles. The second kappa shape index (κ2) is 9.94. The molecular formula is C25H28N4O5. The Kier molecular flexibility index (Phi) is 6.81. The van der Waals surface area contributed by atoms with Crippen molar-refractivity contribution in [3.8, 4) is 0 Å². The lowest BCUT2D eigenvalue weighted by Gasteiger charge is -2.24. The molecule has 5 amide bonds. The van der Waals surface area contributed by atoms with Gasteiger partial charge in [-0.05, 0) is 48.1 Å². The highest BCUT2D eigenvalue weighted by Crippen LogP contribution is 2.36. The summed E-state index contributed by atoms with van der Waals surface area (Å²) in [6.07, 6.45) is 0.416. The number of carbonyl (C=O) groups excluding carboxylic acids is 3. The predicted molar refractivity (Wildman–Crippen MR) is 126 cm³/mol. The van der Waals surface area contributed by atoms with Gasteiger partial charge >= 0.3 is 12.1 Å². The molecule has 0 spiro atoms. The first-order valence-electron chi connectivity index (χ1n) is 11.4. The number of nitrogens with zero attached hydrogens (tertiary/aromatic N) is 2. The zero-order valence-corrected chi connectivity index (χ0v) is 19.0. The van der Waals surface area contributed by atoms with Gasteiger partial charge in [0.15, 0.2) is 0 Å². The molecule has 9 heteroatoms. The van der Waals surface area contributed by atoms with E-state index < -0.39 is 24.5 Å². The van der Waals surface area contributed by atoms with Crippen molar-refractivity contribution in [2.45, 2.75) is 31.1 Å². The number of anilines is 1. The molecule has 2 aliphatic rings. The lowest BCUT2D eigenvalue weighted by atomic mass is 9.99. The molecule has 34 heavy (non-hydrogen) atoms. The molecule has 1 aliphatic heterocycles. The summed E-state index contributed by atoms with van der Waals surface area (Å²) in [5, 5.41) is 14.9. The van der Waals surface area contributed by atoms with Crippen LogP contribution in [0.3, 0.4) is 0 Å². The standard InChI is InChI=1S/C25H28N4O5/c1-26-24(32)27-19-8-10-20-17(13-19)7-9-21(20)23(31)29(25(33)34)15-22(30)28-12-11-18(14-28)16-5-3-2-4-6-16/h2-6,8,10,13,18,21H,7,9,11-12,14-15H2,1H3,(H,33,34)(H2,26,27,32). The number of rotatable bonds is 5. The Morgan fingerprint density at radius 1 is 1.09 bits per heavy atom. The van der Waals surface area contributed by atoms with Gasteiger partial charge in [0.2, 0.25) is 11.8 Å². The number of carbonyl (C=O) groups is 4. The van der Waals surface area contributed by atoms with Gasteiger partial charge in [-0.15, -0.1) is 0 Å². The maximum atomic E-state index is 13.2. The molecule has 0 radical (unpaired) electrons. The normalized spacial score (nSPS) is 18.8. The smallest absolute Gasteiger partial charge is 0.414 e. The van der Waals surface area contributed by atoms with E-state index in [4.69, 9.17) is 0 Å². The molecular weight excluding hydrogens is 436 g/mol. The monoisotopic (exact) mass is 464 g/mol. The van der Waals surface area contributed by atoms with Gasteiger partial charge < -0.3 is 20.6 Å². The van der Waals surface area contributed by atoms with Gasteiger partial charge in [0.25, 0.3) is 0 Å². The highest BCUT2D eigenvalue weighted by molar-refractivity contribution is 5.99. The molecule has 2 unspecified atom stereocenters. The van der Waals surface area contributed by atoms with Gasteiger partial charge in [0.05, 0.1) is 5.92 Å². The minimum absolute atomic E-state index is 0.207. The lowest BCUT2D eigenvalue weighted by molar-refractivity contribution is -0.139. The summed E-state index contributed by atoms with van der Waals surface area (Å²) < 4.78 is 0. The number of nitrogens with one attached hydrogen (secondary N) is 2. The van der Waals surface area contributed by atoms with E-state index in [9.17, 15) is 24.3 Å². The van der Waals surface area contributed by atoms with Crippen LogP contribution < -0.4 is 10.6 Å². The first kappa shape index (κ1) is 23.3. The first-order chi connectivity index (χ1) is 16.4. The molecule has 0 bridgehead atoms. The Morgan fingerprint density at radius 2 is 1.85 bits per heavy atom. The van der Waals surface area contributed by atoms with Crippen LogP contribution in [-0.4, -0.2) is 65.5 Å². The maximum Gasteiger partial charge on any atom is 0.414 e. The molecule has 2 aromatic carbocycles. The summed E-state index contributed by atoms with van der Waals surface area (Å²) in [6, 6.07) is 14.8. The van der Waals surface area contributed by atoms with E-state index in [1.807, 2.05) is 30.3 Å². The molecule has 1 aliphatic carbocycles. The third-order valence-corrected chi connectivity index (χ3v) is 6.61. The van der Waals surface area contributed by atoms with E-state index in [1.54, 1.807) is 23.1 Å². The summed E-state index contributed by atoms with van der Waals surface area (Å²) in [5.74, 6) is -1.38. The Hall–Kier alpha value is -3.88. The number of imide groups is 1. The van der Waals surface area contributed by atoms with E-state index in [-0.39, 0.29) is 17.9 Å². The van der Waals surface area contributed by atoms with Crippen molar-refractivity contribution >= 4 is 29.6 Å². The molecule has 1 saturated heterocycles. The average Bonchev–Trinajstić information content (AvgIpc) is 3.50. The highest BCUT2D eigenvalue weighted by Gasteiger charge is 2.37. The summed E-state index contributed by atoms with van der Waals surface area (Å²) in [7, 11) is 1.52. The number of urea groups is 1. The fourth-order valence-electron chi connectivity index (χ4n) is 4.79. The van der Waals surface area contributed by atoms with Crippen molar-refractivity contribution in [3.05, 3.63) is 65.2 Å². The number of likely N-dealkylation sites (tertiary alicyclic amines) is 1. The number of hydrogen-bond donors (Lipinski definition) is 3. The largest absolute Gasteiger partial charge is 0.465 e. The van der Waals surface area contributed by atoms with Crippen molar-refractivity contribution in [2.24, 2.45) is 0 Å². The zero-order valence-electron chi connectivity index (χ0n) is 19.0. The van der Waals surface area contributed by atoms with Gasteiger partial charge in [-0.1, -0.05) is 36.4 Å². The number of aryl methyl sites for hydroxylation is 1. The fourth-order valence-corrected chi connectivity index (χ4v) is 4.79. The van der Waals surface area contributed by atoms with E-state index >= 15 is 0 Å². The summed E-state index contributed by atoms with van der Waals surface area (Å²) in [5.41, 5.74) is 3.36. The lowest BCUT2D eigenvalue weighted by Crippen LogP contribution is -2.46. The molecule has 178 valence electrons. The van der Waals surface area contributed by atoms with Gasteiger partial charge in [-0.2, -0.15) is 0 Å². The minimum atomic E-state index is -1.43. The number of hydrogen-bond acceptors (Lipinski definition) is 4. The Morgan fingerprint density at radius 3 is 2.56 bits per heavy atom. The quantitative estimate of drug-likeness (QED) is 0.629. The van der Waals surface area contributed by atoms with Gasteiger partial charge in [-0.25, -0.2) is 14.5 Å². The van der Waals surface area contributed by atoms with Crippen molar-refractivity contribution in [1.82, 2.24) is 15.1 Å². The van der Waals surface area contributed by atoms with Crippen molar-refractivity contribution in [2.75, 3.05) is 32.0 Å². The second-order valence-corrected chi connectivity index (χ2v) is 8.65. The average molecular weight is 465 g/mol. The molecule has 4 rings (SSSR count). The maximum absolute atomic E-state index is 13.2. The van der Waals surface area contributed by atoms with Gasteiger partial charge in [0.1, 0.15) is 6.54 Å². The van der Waals surface area contributed by atoms with Crippen LogP contribution in [0.1, 0.15) is 41.4 Å². The van der Waals surface area contributed by atoms with Crippen LogP contribution in [-0.2, 0) is 16.0 Å². The van der Waals surface area contributed by atoms with Crippen molar-refractivity contribution in [3.63, 3.8) is 0 Å². The summed E-state index contributed by atoms with van der Waals surface area (Å²) in [4.78, 5) is 51.9. The van der Waals surface area contributed by atoms with E-state index in [0.29, 0.717) is 36.5 Å². The van der Waals surface area contributed by atoms with Crippen LogP contribution in [0, 0.1) is 0 Å². The van der Waals surface area contributed by atoms with Crippen LogP contribution >= 0.6 is 0 Å². The highest BCUT2D eigenvalue weighted by atomic mass is 16.4. The summed E-state index contributed by atoms with van der Waals surface area (Å²) >= 11 is 0. The second-order valence-electron chi connectivity index (χ2n) is 8.65. The number of fused-ring (bicyclic) bond motifs is 1. The summed E-state index contributed by atoms with van der Waals surface area (Å²) in [6.45, 7) is 0.559. The Labute approximate surface area is 197 Å². The van der Waals surface area contributed by atoms with E-state index in [0.717, 1.165) is 23.1 Å². The molecule has 2 aromatic rings. The van der Waals surface area contributed by atoms with E-state index in [1.165, 1.54) is 7.05 Å². The van der Waals surface area contributed by atoms with Crippen LogP contribution in [0.15, 0.2) is 48.5 Å². The van der Waals surface area contributed by atoms with Crippen molar-refractivity contribution < 1.29 is 24.3 Å². The third-order valence-electron chi connectivity index (χ3n) is 6.61. The molecule has 9 nitrogen and oxygen atoms in total. The van der Waals surface area contributed by atoms with Crippen LogP contribution in [0.5, 0.6) is 0 Å².